The van der Waals surface area contributed by atoms with Crippen molar-refractivity contribution in [3.05, 3.63) is 0 Å². The average Bonchev–Trinajstić information content (AvgIpc) is 2.53. The summed E-state index contributed by atoms with van der Waals surface area (Å²) in [5.41, 5.74) is 0. The number of ketones is 1. The highest BCUT2D eigenvalue weighted by atomic mass is 16.1. The highest BCUT2D eigenvalue weighted by Gasteiger charge is 2.17. The van der Waals surface area contributed by atoms with Gasteiger partial charge in [0.05, 0.1) is 0 Å². The molecule has 1 heteroatoms. The van der Waals surface area contributed by atoms with Crippen molar-refractivity contribution in [2.45, 2.75) is 58.8 Å². The smallest absolute Gasteiger partial charge is 0.133 e. The second-order valence-electron chi connectivity index (χ2n) is 4.83. The van der Waals surface area contributed by atoms with Crippen molar-refractivity contribution in [2.24, 2.45) is 11.8 Å². The number of hydrogen-bond donors (Lipinski definition) is 0. The third kappa shape index (κ3) is 4.44. The van der Waals surface area contributed by atoms with Crippen LogP contribution in [0.25, 0.3) is 0 Å². The fraction of sp³-hybridized carbons (Fsp3) is 0.917. The van der Waals surface area contributed by atoms with Crippen LogP contribution >= 0.6 is 0 Å². The predicted molar refractivity (Wildman–Crippen MR) is 55.7 cm³/mol. The Morgan fingerprint density at radius 3 is 2.46 bits per heavy atom. The van der Waals surface area contributed by atoms with E-state index < -0.39 is 0 Å². The second kappa shape index (κ2) is 5.41. The summed E-state index contributed by atoms with van der Waals surface area (Å²) in [4.78, 5) is 11.5. The molecule has 0 saturated heterocycles. The van der Waals surface area contributed by atoms with Crippen molar-refractivity contribution in [1.29, 1.82) is 0 Å². The van der Waals surface area contributed by atoms with Crippen LogP contribution in [0, 0.1) is 11.8 Å². The fourth-order valence-electron chi connectivity index (χ4n) is 2.09. The summed E-state index contributed by atoms with van der Waals surface area (Å²) < 4.78 is 0. The van der Waals surface area contributed by atoms with E-state index in [1.807, 2.05) is 0 Å². The van der Waals surface area contributed by atoms with E-state index >= 15 is 0 Å². The van der Waals surface area contributed by atoms with E-state index in [1.165, 1.54) is 25.7 Å². The van der Waals surface area contributed by atoms with E-state index in [9.17, 15) is 4.79 Å². The molecular weight excluding hydrogens is 160 g/mol. The first-order valence-electron chi connectivity index (χ1n) is 5.70. The molecule has 0 amide bonds. The first-order chi connectivity index (χ1) is 6.18. The Hall–Kier alpha value is -0.330. The minimum Gasteiger partial charge on any atom is -0.300 e. The van der Waals surface area contributed by atoms with Crippen molar-refractivity contribution in [3.63, 3.8) is 0 Å². The lowest BCUT2D eigenvalue weighted by Gasteiger charge is -2.08. The van der Waals surface area contributed by atoms with Crippen LogP contribution in [0.15, 0.2) is 0 Å². The maximum Gasteiger partial charge on any atom is 0.133 e. The molecule has 0 atom stereocenters. The molecule has 1 rings (SSSR count). The Bertz CT molecular complexity index is 155. The molecule has 76 valence electrons. The summed E-state index contributed by atoms with van der Waals surface area (Å²) in [6.45, 7) is 4.37. The van der Waals surface area contributed by atoms with Gasteiger partial charge in [-0.2, -0.15) is 0 Å². The minimum atomic E-state index is 0.501. The molecule has 1 nitrogen and oxygen atoms in total. The molecule has 0 heterocycles. The third-order valence-electron chi connectivity index (χ3n) is 2.99. The van der Waals surface area contributed by atoms with Crippen molar-refractivity contribution in [1.82, 2.24) is 0 Å². The molecule has 0 aromatic heterocycles. The van der Waals surface area contributed by atoms with Crippen LogP contribution in [-0.2, 0) is 4.79 Å². The Balaban J connectivity index is 2.09. The summed E-state index contributed by atoms with van der Waals surface area (Å²) in [5.74, 6) is 1.91. The average molecular weight is 182 g/mol. The van der Waals surface area contributed by atoms with Crippen LogP contribution in [0.5, 0.6) is 0 Å². The minimum absolute atomic E-state index is 0.501. The maximum absolute atomic E-state index is 11.5. The number of carbonyl (C=O) groups excluding carboxylic acids is 1. The largest absolute Gasteiger partial charge is 0.300 e. The van der Waals surface area contributed by atoms with Gasteiger partial charge in [0.15, 0.2) is 0 Å². The highest BCUT2D eigenvalue weighted by Crippen LogP contribution is 2.28. The topological polar surface area (TPSA) is 17.1 Å². The van der Waals surface area contributed by atoms with Gasteiger partial charge in [0.2, 0.25) is 0 Å². The zero-order valence-electron chi connectivity index (χ0n) is 9.01. The van der Waals surface area contributed by atoms with E-state index in [-0.39, 0.29) is 0 Å². The van der Waals surface area contributed by atoms with Crippen molar-refractivity contribution >= 4 is 5.78 Å². The van der Waals surface area contributed by atoms with E-state index in [4.69, 9.17) is 0 Å². The van der Waals surface area contributed by atoms with Crippen molar-refractivity contribution < 1.29 is 4.79 Å². The number of hydrogen-bond acceptors (Lipinski definition) is 1. The van der Waals surface area contributed by atoms with Crippen LogP contribution < -0.4 is 0 Å². The zero-order valence-corrected chi connectivity index (χ0v) is 9.01. The van der Waals surface area contributed by atoms with Gasteiger partial charge >= 0.3 is 0 Å². The van der Waals surface area contributed by atoms with Gasteiger partial charge in [-0.3, -0.25) is 4.79 Å². The summed E-state index contributed by atoms with van der Waals surface area (Å²) in [7, 11) is 0. The quantitative estimate of drug-likeness (QED) is 0.635. The molecule has 1 aliphatic carbocycles. The Morgan fingerprint density at radius 1 is 1.31 bits per heavy atom. The second-order valence-corrected chi connectivity index (χ2v) is 4.83. The molecule has 1 fully saturated rings. The van der Waals surface area contributed by atoms with Crippen LogP contribution in [0.1, 0.15) is 58.8 Å². The normalized spacial score (nSPS) is 18.4. The summed E-state index contributed by atoms with van der Waals surface area (Å²) in [5, 5.41) is 0. The Morgan fingerprint density at radius 2 is 1.92 bits per heavy atom. The first-order valence-corrected chi connectivity index (χ1v) is 5.70. The maximum atomic E-state index is 11.5. The molecule has 0 aliphatic heterocycles. The number of rotatable bonds is 5. The van der Waals surface area contributed by atoms with Gasteiger partial charge in [0, 0.05) is 12.8 Å². The third-order valence-corrected chi connectivity index (χ3v) is 2.99. The molecule has 0 bridgehead atoms. The lowest BCUT2D eigenvalue weighted by Crippen LogP contribution is -2.06. The van der Waals surface area contributed by atoms with Gasteiger partial charge in [-0.25, -0.2) is 0 Å². The summed E-state index contributed by atoms with van der Waals surface area (Å²) in [6.07, 6.45) is 8.05. The first kappa shape index (κ1) is 10.7. The predicted octanol–water partition coefficient (Wildman–Crippen LogP) is 3.57. The Kier molecular flexibility index (Phi) is 4.47. The van der Waals surface area contributed by atoms with Crippen LogP contribution in [0.4, 0.5) is 0 Å². The molecule has 0 N–H and O–H groups in total. The molecule has 0 aromatic rings. The molecular formula is C12H22O. The van der Waals surface area contributed by atoms with Gasteiger partial charge < -0.3 is 0 Å². The summed E-state index contributed by atoms with van der Waals surface area (Å²) >= 11 is 0. The molecule has 0 aromatic carbocycles. The fourth-order valence-corrected chi connectivity index (χ4v) is 2.09. The molecule has 0 unspecified atom stereocenters. The van der Waals surface area contributed by atoms with Gasteiger partial charge in [-0.1, -0.05) is 39.5 Å². The van der Waals surface area contributed by atoms with Crippen LogP contribution in [-0.4, -0.2) is 5.78 Å². The zero-order chi connectivity index (χ0) is 9.68. The summed E-state index contributed by atoms with van der Waals surface area (Å²) in [6, 6.07) is 0. The van der Waals surface area contributed by atoms with Gasteiger partial charge in [0.1, 0.15) is 5.78 Å². The van der Waals surface area contributed by atoms with Crippen LogP contribution in [0.2, 0.25) is 0 Å². The molecule has 13 heavy (non-hydrogen) atoms. The number of Topliss-reactive ketones (excluding diaryl/α,β-unsaturated/α-hetero) is 1. The van der Waals surface area contributed by atoms with Crippen molar-refractivity contribution in [3.8, 4) is 0 Å². The van der Waals surface area contributed by atoms with E-state index in [1.54, 1.807) is 0 Å². The van der Waals surface area contributed by atoms with E-state index in [0.29, 0.717) is 11.7 Å². The molecule has 0 radical (unpaired) electrons. The lowest BCUT2D eigenvalue weighted by molar-refractivity contribution is -0.120. The molecule has 1 saturated carbocycles. The SMILES string of the molecule is CC(C)CCC(=O)CC1CCCC1. The lowest BCUT2D eigenvalue weighted by atomic mass is 9.97. The monoisotopic (exact) mass is 182 g/mol. The van der Waals surface area contributed by atoms with Gasteiger partial charge in [-0.05, 0) is 18.3 Å². The van der Waals surface area contributed by atoms with Gasteiger partial charge in [-0.15, -0.1) is 0 Å². The molecule has 1 aliphatic rings. The highest BCUT2D eigenvalue weighted by molar-refractivity contribution is 5.78. The molecule has 0 spiro atoms. The Labute approximate surface area is 81.9 Å². The van der Waals surface area contributed by atoms with E-state index in [2.05, 4.69) is 13.8 Å². The van der Waals surface area contributed by atoms with Crippen LogP contribution in [0.3, 0.4) is 0 Å². The number of carbonyl (C=O) groups is 1. The standard InChI is InChI=1S/C12H22O/c1-10(2)7-8-12(13)9-11-5-3-4-6-11/h10-11H,3-9H2,1-2H3. The van der Waals surface area contributed by atoms with Gasteiger partial charge in [0.25, 0.3) is 0 Å². The van der Waals surface area contributed by atoms with E-state index in [0.717, 1.165) is 25.2 Å². The van der Waals surface area contributed by atoms with Crippen molar-refractivity contribution in [2.75, 3.05) is 0 Å².